The zero-order chi connectivity index (χ0) is 20.6. The number of aliphatic hydroxyl groups is 1. The first-order valence-corrected chi connectivity index (χ1v) is 11.0. The summed E-state index contributed by atoms with van der Waals surface area (Å²) >= 11 is 0. The summed E-state index contributed by atoms with van der Waals surface area (Å²) in [6, 6.07) is 5.36. The molecule has 0 heterocycles. The van der Waals surface area contributed by atoms with Crippen molar-refractivity contribution in [1.82, 2.24) is 4.31 Å². The van der Waals surface area contributed by atoms with E-state index in [9.17, 15) is 18.3 Å². The van der Waals surface area contributed by atoms with Crippen LogP contribution in [0.1, 0.15) is 51.7 Å². The predicted molar refractivity (Wildman–Crippen MR) is 106 cm³/mol. The highest BCUT2D eigenvalue weighted by Crippen LogP contribution is 2.23. The van der Waals surface area contributed by atoms with Crippen LogP contribution in [0.15, 0.2) is 23.1 Å². The van der Waals surface area contributed by atoms with Crippen LogP contribution in [0.25, 0.3) is 0 Å². The normalized spacial score (nSPS) is 14.2. The van der Waals surface area contributed by atoms with Gasteiger partial charge in [0, 0.05) is 20.0 Å². The Kier molecular flexibility index (Phi) is 9.42. The predicted octanol–water partition coefficient (Wildman–Crippen LogP) is 2.77. The van der Waals surface area contributed by atoms with Gasteiger partial charge in [0.15, 0.2) is 0 Å². The number of esters is 1. The summed E-state index contributed by atoms with van der Waals surface area (Å²) in [4.78, 5) is 11.8. The lowest BCUT2D eigenvalue weighted by Crippen LogP contribution is -2.33. The molecule has 0 fully saturated rings. The van der Waals surface area contributed by atoms with Crippen LogP contribution in [-0.4, -0.2) is 50.1 Å². The van der Waals surface area contributed by atoms with Crippen molar-refractivity contribution in [3.63, 3.8) is 0 Å². The molecule has 1 N–H and O–H groups in total. The molecule has 1 aromatic rings. The summed E-state index contributed by atoms with van der Waals surface area (Å²) in [5.74, 6) is -0.0305. The van der Waals surface area contributed by atoms with Gasteiger partial charge in [-0.3, -0.25) is 4.79 Å². The second-order valence-electron chi connectivity index (χ2n) is 7.17. The van der Waals surface area contributed by atoms with E-state index in [1.165, 1.54) is 11.4 Å². The molecule has 0 aliphatic carbocycles. The lowest BCUT2D eigenvalue weighted by molar-refractivity contribution is -0.144. The molecule has 1 aromatic carbocycles. The Bertz CT molecular complexity index is 715. The zero-order valence-corrected chi connectivity index (χ0v) is 17.9. The maximum absolute atomic E-state index is 12.8. The Morgan fingerprint density at radius 3 is 2.48 bits per heavy atom. The van der Waals surface area contributed by atoms with Gasteiger partial charge < -0.3 is 9.84 Å². The van der Waals surface area contributed by atoms with Crippen molar-refractivity contribution in [2.75, 3.05) is 20.2 Å². The summed E-state index contributed by atoms with van der Waals surface area (Å²) in [6.07, 6.45) is 1.76. The monoisotopic (exact) mass is 399 g/mol. The Balaban J connectivity index is 2.89. The fraction of sp³-hybridized carbons (Fsp3) is 0.650. The minimum absolute atomic E-state index is 0.0490. The van der Waals surface area contributed by atoms with Crippen molar-refractivity contribution in [3.05, 3.63) is 29.3 Å². The Hall–Kier alpha value is -1.44. The molecule has 27 heavy (non-hydrogen) atoms. The number of ether oxygens (including phenoxy) is 1. The minimum atomic E-state index is -3.65. The van der Waals surface area contributed by atoms with Gasteiger partial charge in [0.05, 0.1) is 17.6 Å². The van der Waals surface area contributed by atoms with Crippen LogP contribution in [0.5, 0.6) is 0 Å². The van der Waals surface area contributed by atoms with Crippen molar-refractivity contribution >= 4 is 16.0 Å². The fourth-order valence-corrected chi connectivity index (χ4v) is 4.42. The molecule has 1 unspecified atom stereocenters. The molecule has 0 amide bonds. The van der Waals surface area contributed by atoms with Crippen molar-refractivity contribution in [2.24, 2.45) is 5.92 Å². The quantitative estimate of drug-likeness (QED) is 0.579. The highest BCUT2D eigenvalue weighted by atomic mass is 32.2. The smallest absolute Gasteiger partial charge is 0.305 e. The second kappa shape index (κ2) is 10.8. The van der Waals surface area contributed by atoms with Crippen molar-refractivity contribution in [3.8, 4) is 0 Å². The average molecular weight is 400 g/mol. The molecular formula is C20H33NO5S. The number of benzene rings is 1. The third-order valence-corrected chi connectivity index (χ3v) is 6.21. The molecule has 2 atom stereocenters. The Morgan fingerprint density at radius 2 is 1.93 bits per heavy atom. The minimum Gasteiger partial charge on any atom is -0.465 e. The average Bonchev–Trinajstić information content (AvgIpc) is 2.59. The van der Waals surface area contributed by atoms with Crippen molar-refractivity contribution < 1.29 is 23.1 Å². The van der Waals surface area contributed by atoms with E-state index >= 15 is 0 Å². The summed E-state index contributed by atoms with van der Waals surface area (Å²) < 4.78 is 32.0. The van der Waals surface area contributed by atoms with Gasteiger partial charge in [-0.1, -0.05) is 32.9 Å². The molecule has 1 rings (SSSR count). The number of nitrogens with zero attached hydrogens (tertiary/aromatic N) is 1. The Morgan fingerprint density at radius 1 is 1.26 bits per heavy atom. The van der Waals surface area contributed by atoms with Crippen LogP contribution in [0.3, 0.4) is 0 Å². The number of carbonyl (C=O) groups is 1. The largest absolute Gasteiger partial charge is 0.465 e. The van der Waals surface area contributed by atoms with Crippen LogP contribution < -0.4 is 0 Å². The molecule has 0 bridgehead atoms. The molecule has 0 aliphatic heterocycles. The second-order valence-corrected chi connectivity index (χ2v) is 9.19. The number of rotatable bonds is 11. The highest BCUT2D eigenvalue weighted by molar-refractivity contribution is 7.89. The summed E-state index contributed by atoms with van der Waals surface area (Å²) in [6.45, 7) is 7.83. The molecule has 154 valence electrons. The van der Waals surface area contributed by atoms with Crippen LogP contribution in [-0.2, 0) is 32.4 Å². The van der Waals surface area contributed by atoms with E-state index in [0.717, 1.165) is 17.5 Å². The molecule has 0 aliphatic rings. The molecule has 0 radical (unpaired) electrons. The Labute approximate surface area is 163 Å². The maximum atomic E-state index is 12.8. The SMILES string of the molecule is CCCC(=O)OC[C@@H](C)Cc1ccc(S(=O)(=O)N(C)CC(C)O)c(CC)c1. The number of aryl methyl sites for hydroxylation is 1. The van der Waals surface area contributed by atoms with Crippen molar-refractivity contribution in [1.29, 1.82) is 0 Å². The fourth-order valence-electron chi connectivity index (χ4n) is 2.90. The first-order chi connectivity index (χ1) is 12.6. The molecule has 0 saturated carbocycles. The van der Waals surface area contributed by atoms with Gasteiger partial charge in [-0.15, -0.1) is 0 Å². The first kappa shape index (κ1) is 23.6. The van der Waals surface area contributed by atoms with Gasteiger partial charge in [0.25, 0.3) is 0 Å². The molecule has 0 spiro atoms. The zero-order valence-electron chi connectivity index (χ0n) is 17.1. The summed E-state index contributed by atoms with van der Waals surface area (Å²) in [5.41, 5.74) is 1.77. The van der Waals surface area contributed by atoms with E-state index < -0.39 is 16.1 Å². The van der Waals surface area contributed by atoms with Crippen LogP contribution in [0, 0.1) is 5.92 Å². The van der Waals surface area contributed by atoms with Gasteiger partial charge in [-0.2, -0.15) is 4.31 Å². The van der Waals surface area contributed by atoms with Gasteiger partial charge in [0.2, 0.25) is 10.0 Å². The number of hydrogen-bond acceptors (Lipinski definition) is 5. The van der Waals surface area contributed by atoms with E-state index in [1.54, 1.807) is 13.0 Å². The molecular weight excluding hydrogens is 366 g/mol. The third kappa shape index (κ3) is 7.24. The number of aliphatic hydroxyl groups excluding tert-OH is 1. The standard InChI is InChI=1S/C20H33NO5S/c1-6-8-20(23)26-14-15(3)11-17-9-10-19(18(7-2)12-17)27(24,25)21(5)13-16(4)22/h9-10,12,15-16,22H,6-8,11,13-14H2,1-5H3/t15-,16?/m0/s1. The topological polar surface area (TPSA) is 83.9 Å². The third-order valence-electron chi connectivity index (χ3n) is 4.28. The number of hydrogen-bond donors (Lipinski definition) is 1. The first-order valence-electron chi connectivity index (χ1n) is 9.53. The van der Waals surface area contributed by atoms with Crippen LogP contribution >= 0.6 is 0 Å². The van der Waals surface area contributed by atoms with E-state index in [1.807, 2.05) is 32.9 Å². The van der Waals surface area contributed by atoms with Gasteiger partial charge in [0.1, 0.15) is 0 Å². The molecule has 0 saturated heterocycles. The van der Waals surface area contributed by atoms with E-state index in [0.29, 0.717) is 25.9 Å². The number of carbonyl (C=O) groups excluding carboxylic acids is 1. The van der Waals surface area contributed by atoms with Gasteiger partial charge >= 0.3 is 5.97 Å². The van der Waals surface area contributed by atoms with Crippen LogP contribution in [0.2, 0.25) is 0 Å². The van der Waals surface area contributed by atoms with E-state index in [2.05, 4.69) is 0 Å². The molecule has 7 heteroatoms. The lowest BCUT2D eigenvalue weighted by Gasteiger charge is -2.21. The number of sulfonamides is 1. The molecule has 0 aromatic heterocycles. The van der Waals surface area contributed by atoms with Gasteiger partial charge in [-0.05, 0) is 49.3 Å². The van der Waals surface area contributed by atoms with Gasteiger partial charge in [-0.25, -0.2) is 8.42 Å². The summed E-state index contributed by atoms with van der Waals surface area (Å²) in [7, 11) is -2.17. The summed E-state index contributed by atoms with van der Waals surface area (Å²) in [5, 5.41) is 9.48. The number of likely N-dealkylation sites (N-methyl/N-ethyl adjacent to an activating group) is 1. The van der Waals surface area contributed by atoms with E-state index in [-0.39, 0.29) is 23.3 Å². The van der Waals surface area contributed by atoms with E-state index in [4.69, 9.17) is 4.74 Å². The maximum Gasteiger partial charge on any atom is 0.305 e. The van der Waals surface area contributed by atoms with Crippen LogP contribution in [0.4, 0.5) is 0 Å². The van der Waals surface area contributed by atoms with Crippen molar-refractivity contribution in [2.45, 2.75) is 64.4 Å². The molecule has 6 nitrogen and oxygen atoms in total. The highest BCUT2D eigenvalue weighted by Gasteiger charge is 2.24. The lowest BCUT2D eigenvalue weighted by atomic mass is 9.99.